The number of benzene rings is 1. The van der Waals surface area contributed by atoms with Crippen LogP contribution in [0.5, 0.6) is 0 Å². The molecule has 1 aromatic carbocycles. The third kappa shape index (κ3) is 4.61. The van der Waals surface area contributed by atoms with Crippen LogP contribution in [0, 0.1) is 10.1 Å². The molecule has 9 nitrogen and oxygen atoms in total. The Bertz CT molecular complexity index is 835. The number of sulfone groups is 1. The second-order valence-electron chi connectivity index (χ2n) is 4.93. The van der Waals surface area contributed by atoms with E-state index >= 15 is 0 Å². The fourth-order valence-corrected chi connectivity index (χ4v) is 3.19. The summed E-state index contributed by atoms with van der Waals surface area (Å²) >= 11 is 1.26. The third-order valence-corrected chi connectivity index (χ3v) is 4.92. The first-order valence-corrected chi connectivity index (χ1v) is 9.76. The molecule has 0 saturated carbocycles. The molecule has 130 valence electrons. The molecule has 0 radical (unpaired) electrons. The van der Waals surface area contributed by atoms with Gasteiger partial charge < -0.3 is 10.6 Å². The molecular formula is C13H17N5O4S2. The van der Waals surface area contributed by atoms with Crippen molar-refractivity contribution in [1.29, 1.82) is 0 Å². The van der Waals surface area contributed by atoms with Crippen LogP contribution in [0.4, 0.5) is 16.5 Å². The number of nitrogens with zero attached hydrogens (tertiary/aromatic N) is 3. The summed E-state index contributed by atoms with van der Waals surface area (Å²) in [5.41, 5.74) is -0.0113. The Labute approximate surface area is 143 Å². The van der Waals surface area contributed by atoms with Crippen LogP contribution in [-0.4, -0.2) is 42.0 Å². The number of nitrogens with one attached hydrogen (secondary N) is 2. The Balaban J connectivity index is 2.00. The number of nitro groups is 1. The third-order valence-electron chi connectivity index (χ3n) is 3.10. The number of aromatic nitrogens is 2. The molecule has 1 aromatic heterocycles. The van der Waals surface area contributed by atoms with E-state index in [2.05, 4.69) is 20.0 Å². The van der Waals surface area contributed by atoms with Gasteiger partial charge >= 0.3 is 0 Å². The van der Waals surface area contributed by atoms with Gasteiger partial charge in [-0.15, -0.1) is 0 Å². The van der Waals surface area contributed by atoms with E-state index in [-0.39, 0.29) is 16.3 Å². The maximum Gasteiger partial charge on any atom is 0.293 e. The van der Waals surface area contributed by atoms with Gasteiger partial charge in [-0.25, -0.2) is 13.4 Å². The van der Waals surface area contributed by atoms with E-state index in [9.17, 15) is 18.5 Å². The minimum Gasteiger partial charge on any atom is -0.378 e. The van der Waals surface area contributed by atoms with Gasteiger partial charge in [0.15, 0.2) is 9.84 Å². The minimum atomic E-state index is -3.50. The van der Waals surface area contributed by atoms with Gasteiger partial charge in [0.1, 0.15) is 11.5 Å². The first-order chi connectivity index (χ1) is 11.3. The maximum atomic E-state index is 11.5. The molecule has 0 atom stereocenters. The average molecular weight is 371 g/mol. The number of hydrogen-bond acceptors (Lipinski definition) is 9. The quantitative estimate of drug-likeness (QED) is 0.409. The smallest absolute Gasteiger partial charge is 0.293 e. The van der Waals surface area contributed by atoms with E-state index in [0.29, 0.717) is 18.2 Å². The van der Waals surface area contributed by atoms with Crippen molar-refractivity contribution in [3.05, 3.63) is 34.1 Å². The van der Waals surface area contributed by atoms with Crippen LogP contribution in [0.1, 0.15) is 12.7 Å². The van der Waals surface area contributed by atoms with Crippen molar-refractivity contribution in [3.63, 3.8) is 0 Å². The van der Waals surface area contributed by atoms with Crippen molar-refractivity contribution < 1.29 is 13.3 Å². The average Bonchev–Trinajstić information content (AvgIpc) is 2.98. The zero-order valence-electron chi connectivity index (χ0n) is 13.1. The SMILES string of the molecule is CCc1nsc(NCCNc2ccc(S(C)(=O)=O)cc2[N+](=O)[O-])n1. The highest BCUT2D eigenvalue weighted by Crippen LogP contribution is 2.27. The van der Waals surface area contributed by atoms with E-state index in [1.54, 1.807) is 0 Å². The standard InChI is InChI=1S/C13H17N5O4S2/c1-3-12-16-13(23-17-12)15-7-6-14-10-5-4-9(24(2,21)22)8-11(10)18(19)20/h4-5,8,14H,3,6-7H2,1-2H3,(H,15,16,17). The van der Waals surface area contributed by atoms with Crippen molar-refractivity contribution in [2.75, 3.05) is 30.0 Å². The van der Waals surface area contributed by atoms with Gasteiger partial charge in [-0.05, 0) is 12.1 Å². The summed E-state index contributed by atoms with van der Waals surface area (Å²) in [6.07, 6.45) is 1.77. The van der Waals surface area contributed by atoms with E-state index < -0.39 is 14.8 Å². The van der Waals surface area contributed by atoms with Gasteiger partial charge in [-0.1, -0.05) is 6.92 Å². The van der Waals surface area contributed by atoms with Crippen molar-refractivity contribution in [2.45, 2.75) is 18.2 Å². The lowest BCUT2D eigenvalue weighted by Gasteiger charge is -2.08. The van der Waals surface area contributed by atoms with E-state index in [1.807, 2.05) is 6.92 Å². The van der Waals surface area contributed by atoms with Crippen molar-refractivity contribution in [2.24, 2.45) is 0 Å². The van der Waals surface area contributed by atoms with E-state index in [0.717, 1.165) is 24.6 Å². The van der Waals surface area contributed by atoms with Gasteiger partial charge in [-0.3, -0.25) is 10.1 Å². The van der Waals surface area contributed by atoms with Crippen molar-refractivity contribution in [1.82, 2.24) is 9.36 Å². The van der Waals surface area contributed by atoms with Crippen LogP contribution in [0.2, 0.25) is 0 Å². The number of rotatable bonds is 8. The van der Waals surface area contributed by atoms with Crippen LogP contribution in [0.3, 0.4) is 0 Å². The molecule has 2 rings (SSSR count). The van der Waals surface area contributed by atoms with Crippen LogP contribution in [0.25, 0.3) is 0 Å². The van der Waals surface area contributed by atoms with Gasteiger partial charge in [0, 0.05) is 43.4 Å². The number of aryl methyl sites for hydroxylation is 1. The monoisotopic (exact) mass is 371 g/mol. The first-order valence-electron chi connectivity index (χ1n) is 7.10. The summed E-state index contributed by atoms with van der Waals surface area (Å²) in [5, 5.41) is 17.8. The van der Waals surface area contributed by atoms with E-state index in [4.69, 9.17) is 0 Å². The number of anilines is 2. The molecule has 2 N–H and O–H groups in total. The highest BCUT2D eigenvalue weighted by Gasteiger charge is 2.18. The molecule has 0 aliphatic rings. The molecule has 0 spiro atoms. The zero-order valence-corrected chi connectivity index (χ0v) is 14.8. The summed E-state index contributed by atoms with van der Waals surface area (Å²) in [5.74, 6) is 0.766. The lowest BCUT2D eigenvalue weighted by atomic mass is 10.2. The number of nitro benzene ring substituents is 1. The van der Waals surface area contributed by atoms with Crippen LogP contribution >= 0.6 is 11.5 Å². The normalized spacial score (nSPS) is 11.2. The molecule has 0 fully saturated rings. The Kier molecular flexibility index (Phi) is 5.67. The molecular weight excluding hydrogens is 354 g/mol. The lowest BCUT2D eigenvalue weighted by Crippen LogP contribution is -2.14. The van der Waals surface area contributed by atoms with Crippen LogP contribution in [-0.2, 0) is 16.3 Å². The summed E-state index contributed by atoms with van der Waals surface area (Å²) in [6, 6.07) is 3.80. The summed E-state index contributed by atoms with van der Waals surface area (Å²) < 4.78 is 27.1. The zero-order chi connectivity index (χ0) is 17.7. The molecule has 0 aliphatic heterocycles. The molecule has 11 heteroatoms. The van der Waals surface area contributed by atoms with Crippen LogP contribution in [0.15, 0.2) is 23.1 Å². The fourth-order valence-electron chi connectivity index (χ4n) is 1.88. The van der Waals surface area contributed by atoms with Gasteiger partial charge in [0.25, 0.3) is 5.69 Å². The molecule has 24 heavy (non-hydrogen) atoms. The highest BCUT2D eigenvalue weighted by molar-refractivity contribution is 7.90. The fraction of sp³-hybridized carbons (Fsp3) is 0.385. The lowest BCUT2D eigenvalue weighted by molar-refractivity contribution is -0.384. The summed E-state index contributed by atoms with van der Waals surface area (Å²) in [6.45, 7) is 2.86. The Morgan fingerprint density at radius 1 is 1.29 bits per heavy atom. The molecule has 1 heterocycles. The van der Waals surface area contributed by atoms with Gasteiger partial charge in [0.2, 0.25) is 5.13 Å². The topological polar surface area (TPSA) is 127 Å². The predicted octanol–water partition coefficient (Wildman–Crippen LogP) is 1.94. The predicted molar refractivity (Wildman–Crippen MR) is 92.5 cm³/mol. The molecule has 0 bridgehead atoms. The van der Waals surface area contributed by atoms with Gasteiger partial charge in [0.05, 0.1) is 9.82 Å². The summed E-state index contributed by atoms with van der Waals surface area (Å²) in [7, 11) is -3.50. The number of hydrogen-bond donors (Lipinski definition) is 2. The second kappa shape index (κ2) is 7.53. The Morgan fingerprint density at radius 3 is 2.58 bits per heavy atom. The van der Waals surface area contributed by atoms with Crippen molar-refractivity contribution >= 4 is 37.9 Å². The van der Waals surface area contributed by atoms with E-state index in [1.165, 1.54) is 23.7 Å². The van der Waals surface area contributed by atoms with Crippen molar-refractivity contribution in [3.8, 4) is 0 Å². The van der Waals surface area contributed by atoms with Crippen LogP contribution < -0.4 is 10.6 Å². The Hall–Kier alpha value is -2.27. The first kappa shape index (κ1) is 18.1. The Morgan fingerprint density at radius 2 is 2.00 bits per heavy atom. The highest BCUT2D eigenvalue weighted by atomic mass is 32.2. The maximum absolute atomic E-state index is 11.5. The molecule has 0 unspecified atom stereocenters. The molecule has 0 amide bonds. The summed E-state index contributed by atoms with van der Waals surface area (Å²) in [4.78, 5) is 14.7. The van der Waals surface area contributed by atoms with Gasteiger partial charge in [-0.2, -0.15) is 4.37 Å². The second-order valence-corrected chi connectivity index (χ2v) is 7.70. The molecule has 0 saturated heterocycles. The molecule has 0 aliphatic carbocycles. The molecule has 2 aromatic rings. The largest absolute Gasteiger partial charge is 0.378 e. The minimum absolute atomic E-state index is 0.0844.